The van der Waals surface area contributed by atoms with E-state index >= 15 is 0 Å². The van der Waals surface area contributed by atoms with Gasteiger partial charge < -0.3 is 15.4 Å². The fourth-order valence-electron chi connectivity index (χ4n) is 4.27. The average molecular weight is 557 g/mol. The lowest BCUT2D eigenvalue weighted by atomic mass is 9.88. The molecule has 0 spiro atoms. The van der Waals surface area contributed by atoms with Crippen molar-refractivity contribution in [3.05, 3.63) is 75.1 Å². The molecule has 9 heteroatoms. The first-order valence-corrected chi connectivity index (χ1v) is 14.2. The summed E-state index contributed by atoms with van der Waals surface area (Å²) in [5.74, 6) is -0.195. The minimum atomic E-state index is -0.427. The highest BCUT2D eigenvalue weighted by atomic mass is 35.5. The van der Waals surface area contributed by atoms with Crippen molar-refractivity contribution in [2.24, 2.45) is 5.92 Å². The van der Waals surface area contributed by atoms with Crippen LogP contribution in [0, 0.1) is 5.92 Å². The SMILES string of the molecule is COC(=O)c1c(NC(=O)C(C)Sc2cccc(NC(=O)Cc3ccc(Cl)cc3)c2)sc2c1CCC(C)C2. The number of amides is 2. The molecule has 1 aliphatic carbocycles. The Morgan fingerprint density at radius 3 is 2.65 bits per heavy atom. The Labute approximate surface area is 230 Å². The lowest BCUT2D eigenvalue weighted by Crippen LogP contribution is -2.23. The third-order valence-corrected chi connectivity index (χ3v) is 8.73. The second kappa shape index (κ2) is 12.2. The van der Waals surface area contributed by atoms with E-state index in [1.165, 1.54) is 30.2 Å². The monoisotopic (exact) mass is 556 g/mol. The van der Waals surface area contributed by atoms with Gasteiger partial charge in [0.2, 0.25) is 11.8 Å². The standard InChI is InChI=1S/C28H29ClN2O4S2/c1-16-7-12-22-23(13-16)37-27(25(22)28(34)35-3)31-26(33)17(2)36-21-6-4-5-20(15-21)30-24(32)14-18-8-10-19(29)11-9-18/h4-6,8-11,15-17H,7,12-14H2,1-3H3,(H,30,32)(H,31,33). The quantitative estimate of drug-likeness (QED) is 0.241. The first-order valence-electron chi connectivity index (χ1n) is 12.1. The Kier molecular flexibility index (Phi) is 8.95. The summed E-state index contributed by atoms with van der Waals surface area (Å²) in [6.45, 7) is 4.02. The molecule has 2 amide bonds. The number of anilines is 2. The highest BCUT2D eigenvalue weighted by Crippen LogP contribution is 2.40. The van der Waals surface area contributed by atoms with Gasteiger partial charge in [-0.15, -0.1) is 23.1 Å². The van der Waals surface area contributed by atoms with Crippen LogP contribution in [0.4, 0.5) is 10.7 Å². The molecular weight excluding hydrogens is 528 g/mol. The van der Waals surface area contributed by atoms with Gasteiger partial charge in [0.05, 0.1) is 24.3 Å². The summed E-state index contributed by atoms with van der Waals surface area (Å²) in [5.41, 5.74) is 3.02. The molecule has 37 heavy (non-hydrogen) atoms. The van der Waals surface area contributed by atoms with Crippen LogP contribution >= 0.6 is 34.7 Å². The van der Waals surface area contributed by atoms with Crippen molar-refractivity contribution in [2.45, 2.75) is 49.7 Å². The van der Waals surface area contributed by atoms with Gasteiger partial charge in [-0.2, -0.15) is 0 Å². The average Bonchev–Trinajstić information content (AvgIpc) is 3.21. The molecule has 2 atom stereocenters. The minimum absolute atomic E-state index is 0.137. The molecule has 1 aliphatic rings. The van der Waals surface area contributed by atoms with Crippen LogP contribution in [-0.4, -0.2) is 30.1 Å². The minimum Gasteiger partial charge on any atom is -0.465 e. The predicted molar refractivity (Wildman–Crippen MR) is 151 cm³/mol. The Balaban J connectivity index is 1.40. The highest BCUT2D eigenvalue weighted by Gasteiger charge is 2.29. The van der Waals surface area contributed by atoms with Crippen molar-refractivity contribution >= 4 is 63.2 Å². The molecular formula is C28H29ClN2O4S2. The maximum atomic E-state index is 13.1. The third-order valence-electron chi connectivity index (χ3n) is 6.22. The molecule has 2 aromatic carbocycles. The summed E-state index contributed by atoms with van der Waals surface area (Å²) in [5, 5.41) is 6.65. The molecule has 0 radical (unpaired) electrons. The van der Waals surface area contributed by atoms with Crippen LogP contribution in [0.2, 0.25) is 5.02 Å². The number of carbonyl (C=O) groups excluding carboxylic acids is 3. The van der Waals surface area contributed by atoms with Crippen molar-refractivity contribution < 1.29 is 19.1 Å². The number of nitrogens with one attached hydrogen (secondary N) is 2. The van der Waals surface area contributed by atoms with Crippen LogP contribution in [0.5, 0.6) is 0 Å². The number of benzene rings is 2. The summed E-state index contributed by atoms with van der Waals surface area (Å²) >= 11 is 8.77. The van der Waals surface area contributed by atoms with Crippen molar-refractivity contribution in [3.63, 3.8) is 0 Å². The van der Waals surface area contributed by atoms with Crippen LogP contribution in [0.25, 0.3) is 0 Å². The maximum Gasteiger partial charge on any atom is 0.341 e. The van der Waals surface area contributed by atoms with Crippen LogP contribution in [0.15, 0.2) is 53.4 Å². The molecule has 194 valence electrons. The molecule has 1 heterocycles. The first-order chi connectivity index (χ1) is 17.7. The fraction of sp³-hybridized carbons (Fsp3) is 0.321. The Hall–Kier alpha value is -2.81. The molecule has 6 nitrogen and oxygen atoms in total. The number of thiophene rings is 1. The topological polar surface area (TPSA) is 84.5 Å². The number of ether oxygens (including phenoxy) is 1. The van der Waals surface area contributed by atoms with Crippen LogP contribution < -0.4 is 10.6 Å². The molecule has 2 N–H and O–H groups in total. The summed E-state index contributed by atoms with van der Waals surface area (Å²) in [7, 11) is 1.36. The molecule has 0 fully saturated rings. The van der Waals surface area contributed by atoms with Gasteiger partial charge in [0.25, 0.3) is 0 Å². The molecule has 0 bridgehead atoms. The third kappa shape index (κ3) is 6.94. The number of esters is 1. The highest BCUT2D eigenvalue weighted by molar-refractivity contribution is 8.00. The van der Waals surface area contributed by atoms with Crippen LogP contribution in [0.1, 0.15) is 46.6 Å². The number of fused-ring (bicyclic) bond motifs is 1. The van der Waals surface area contributed by atoms with Crippen LogP contribution in [-0.2, 0) is 33.6 Å². The Bertz CT molecular complexity index is 1310. The van der Waals surface area contributed by atoms with Crippen molar-refractivity contribution in [3.8, 4) is 0 Å². The van der Waals surface area contributed by atoms with Crippen molar-refractivity contribution in [1.29, 1.82) is 0 Å². The number of carbonyl (C=O) groups is 3. The van der Waals surface area contributed by atoms with E-state index in [0.717, 1.165) is 40.2 Å². The smallest absolute Gasteiger partial charge is 0.341 e. The molecule has 0 aliphatic heterocycles. The number of rotatable bonds is 8. The summed E-state index contributed by atoms with van der Waals surface area (Å²) in [6.07, 6.45) is 2.97. The number of halogens is 1. The first kappa shape index (κ1) is 27.2. The normalized spacial score (nSPS) is 15.4. The van der Waals surface area contributed by atoms with Gasteiger partial charge in [-0.1, -0.05) is 36.7 Å². The number of methoxy groups -OCH3 is 1. The molecule has 0 saturated carbocycles. The number of hydrogen-bond donors (Lipinski definition) is 2. The van der Waals surface area contributed by atoms with E-state index in [9.17, 15) is 14.4 Å². The zero-order chi connectivity index (χ0) is 26.5. The summed E-state index contributed by atoms with van der Waals surface area (Å²) in [6, 6.07) is 14.6. The largest absolute Gasteiger partial charge is 0.465 e. The van der Waals surface area contributed by atoms with Gasteiger partial charge >= 0.3 is 5.97 Å². The second-order valence-electron chi connectivity index (χ2n) is 9.18. The molecule has 0 saturated heterocycles. The van der Waals surface area contributed by atoms with E-state index in [0.29, 0.717) is 27.2 Å². The van der Waals surface area contributed by atoms with E-state index < -0.39 is 11.2 Å². The fourth-order valence-corrected chi connectivity index (χ4v) is 6.72. The van der Waals surface area contributed by atoms with Crippen molar-refractivity contribution in [1.82, 2.24) is 0 Å². The van der Waals surface area contributed by atoms with Gasteiger partial charge in [0.15, 0.2) is 0 Å². The molecule has 3 aromatic rings. The Morgan fingerprint density at radius 2 is 1.92 bits per heavy atom. The second-order valence-corrected chi connectivity index (χ2v) is 12.1. The van der Waals surface area contributed by atoms with Gasteiger partial charge in [-0.05, 0) is 73.6 Å². The molecule has 1 aromatic heterocycles. The van der Waals surface area contributed by atoms with E-state index in [1.807, 2.05) is 43.3 Å². The predicted octanol–water partition coefficient (Wildman–Crippen LogP) is 6.61. The van der Waals surface area contributed by atoms with Crippen molar-refractivity contribution in [2.75, 3.05) is 17.7 Å². The lowest BCUT2D eigenvalue weighted by molar-refractivity contribution is -0.116. The van der Waals surface area contributed by atoms with E-state index in [1.54, 1.807) is 12.1 Å². The van der Waals surface area contributed by atoms with E-state index in [-0.39, 0.29) is 18.2 Å². The summed E-state index contributed by atoms with van der Waals surface area (Å²) in [4.78, 5) is 40.1. The molecule has 4 rings (SSSR count). The van der Waals surface area contributed by atoms with Gasteiger partial charge in [-0.25, -0.2) is 4.79 Å². The number of hydrogen-bond acceptors (Lipinski definition) is 6. The van der Waals surface area contributed by atoms with Gasteiger partial charge in [-0.3, -0.25) is 9.59 Å². The summed E-state index contributed by atoms with van der Waals surface area (Å²) < 4.78 is 5.02. The zero-order valence-electron chi connectivity index (χ0n) is 20.9. The lowest BCUT2D eigenvalue weighted by Gasteiger charge is -2.18. The number of thioether (sulfide) groups is 1. The van der Waals surface area contributed by atoms with Gasteiger partial charge in [0, 0.05) is 20.5 Å². The zero-order valence-corrected chi connectivity index (χ0v) is 23.3. The van der Waals surface area contributed by atoms with E-state index in [4.69, 9.17) is 16.3 Å². The van der Waals surface area contributed by atoms with Gasteiger partial charge in [0.1, 0.15) is 5.00 Å². The maximum absolute atomic E-state index is 13.1. The van der Waals surface area contributed by atoms with E-state index in [2.05, 4.69) is 17.6 Å². The Morgan fingerprint density at radius 1 is 1.16 bits per heavy atom. The molecule has 2 unspecified atom stereocenters. The van der Waals surface area contributed by atoms with Crippen LogP contribution in [0.3, 0.4) is 0 Å².